The number of carbonyl (C=O) groups excluding carboxylic acids is 2. The third kappa shape index (κ3) is 35.3. The summed E-state index contributed by atoms with van der Waals surface area (Å²) in [5.41, 5.74) is 0. The molecule has 0 aromatic carbocycles. The van der Waals surface area contributed by atoms with E-state index in [4.69, 9.17) is 18.5 Å². The van der Waals surface area contributed by atoms with Crippen molar-refractivity contribution in [2.45, 2.75) is 123 Å². The average Bonchev–Trinajstić information content (AvgIpc) is 3.06. The number of quaternary nitrogens is 1. The van der Waals surface area contributed by atoms with Gasteiger partial charge in [0.05, 0.1) is 27.7 Å². The van der Waals surface area contributed by atoms with E-state index in [0.717, 1.165) is 77.0 Å². The first-order valence-electron chi connectivity index (χ1n) is 18.7. The molecule has 0 bridgehead atoms. The zero-order valence-electron chi connectivity index (χ0n) is 31.8. The second-order valence-electron chi connectivity index (χ2n) is 13.2. The summed E-state index contributed by atoms with van der Waals surface area (Å²) >= 11 is 0. The van der Waals surface area contributed by atoms with E-state index in [1.165, 1.54) is 0 Å². The third-order valence-corrected chi connectivity index (χ3v) is 8.22. The number of carbonyl (C=O) groups is 2. The average molecular weight is 723 g/mol. The van der Waals surface area contributed by atoms with Crippen LogP contribution in [0.5, 0.6) is 0 Å². The van der Waals surface area contributed by atoms with Crippen LogP contribution >= 0.6 is 7.82 Å². The van der Waals surface area contributed by atoms with Gasteiger partial charge in [-0.25, -0.2) is 4.57 Å². The highest BCUT2D eigenvalue weighted by Crippen LogP contribution is 2.43. The fourth-order valence-corrected chi connectivity index (χ4v) is 5.07. The predicted molar refractivity (Wildman–Crippen MR) is 206 cm³/mol. The fourth-order valence-electron chi connectivity index (χ4n) is 4.33. The van der Waals surface area contributed by atoms with Gasteiger partial charge >= 0.3 is 19.8 Å². The lowest BCUT2D eigenvalue weighted by Gasteiger charge is -2.24. The van der Waals surface area contributed by atoms with Gasteiger partial charge in [0.15, 0.2) is 6.10 Å². The number of allylic oxidation sites excluding steroid dienone is 12. The molecule has 9 nitrogen and oxygen atoms in total. The summed E-state index contributed by atoms with van der Waals surface area (Å²) < 4.78 is 34.1. The number of phosphoric acid groups is 1. The van der Waals surface area contributed by atoms with Crippen molar-refractivity contribution >= 4 is 19.8 Å². The van der Waals surface area contributed by atoms with Crippen molar-refractivity contribution in [2.75, 3.05) is 47.5 Å². The zero-order chi connectivity index (χ0) is 37.2. The molecule has 0 aromatic heterocycles. The lowest BCUT2D eigenvalue weighted by atomic mass is 10.1. The molecule has 50 heavy (non-hydrogen) atoms. The van der Waals surface area contributed by atoms with Gasteiger partial charge in [-0.15, -0.1) is 0 Å². The Hall–Kier alpha value is -2.55. The molecule has 0 rings (SSSR count). The molecule has 1 N–H and O–H groups in total. The van der Waals surface area contributed by atoms with E-state index in [0.29, 0.717) is 23.9 Å². The number of ether oxygens (including phenoxy) is 2. The van der Waals surface area contributed by atoms with Crippen LogP contribution in [-0.4, -0.2) is 74.9 Å². The van der Waals surface area contributed by atoms with E-state index >= 15 is 0 Å². The molecule has 0 saturated heterocycles. The number of phosphoric ester groups is 1. The van der Waals surface area contributed by atoms with Crippen LogP contribution in [0.2, 0.25) is 0 Å². The van der Waals surface area contributed by atoms with Crippen LogP contribution in [0.4, 0.5) is 0 Å². The van der Waals surface area contributed by atoms with Crippen LogP contribution in [0.15, 0.2) is 72.9 Å². The lowest BCUT2D eigenvalue weighted by molar-refractivity contribution is -0.870. The number of hydrogen-bond donors (Lipinski definition) is 1. The first kappa shape index (κ1) is 47.4. The van der Waals surface area contributed by atoms with Crippen LogP contribution in [0.3, 0.4) is 0 Å². The molecule has 10 heteroatoms. The van der Waals surface area contributed by atoms with E-state index in [1.807, 2.05) is 21.1 Å². The van der Waals surface area contributed by atoms with Gasteiger partial charge in [0.2, 0.25) is 0 Å². The van der Waals surface area contributed by atoms with Gasteiger partial charge in [0, 0.05) is 12.8 Å². The van der Waals surface area contributed by atoms with Gasteiger partial charge in [-0.05, 0) is 77.0 Å². The monoisotopic (exact) mass is 722 g/mol. The maximum Gasteiger partial charge on any atom is 0.472 e. The lowest BCUT2D eigenvalue weighted by Crippen LogP contribution is -2.37. The van der Waals surface area contributed by atoms with E-state index in [2.05, 4.69) is 86.8 Å². The van der Waals surface area contributed by atoms with Crippen molar-refractivity contribution in [3.8, 4) is 0 Å². The summed E-state index contributed by atoms with van der Waals surface area (Å²) in [5, 5.41) is 0. The van der Waals surface area contributed by atoms with Crippen LogP contribution in [-0.2, 0) is 32.7 Å². The van der Waals surface area contributed by atoms with Crippen molar-refractivity contribution in [3.63, 3.8) is 0 Å². The SMILES string of the molecule is CC/C=C\C/C=C\C/C=C\CCCCCC(=O)OCC(COP(=O)(O)OCC[N+](C)(C)C)OC(=O)CCCCC/C=C\C/C=C\C/C=C\CC. The Kier molecular flexibility index (Phi) is 30.7. The van der Waals surface area contributed by atoms with Gasteiger partial charge in [0.25, 0.3) is 0 Å². The molecule has 0 heterocycles. The zero-order valence-corrected chi connectivity index (χ0v) is 32.7. The minimum Gasteiger partial charge on any atom is -0.462 e. The number of hydrogen-bond acceptors (Lipinski definition) is 7. The number of unbranched alkanes of at least 4 members (excludes halogenated alkanes) is 6. The second kappa shape index (κ2) is 32.4. The van der Waals surface area contributed by atoms with Crippen molar-refractivity contribution < 1.29 is 42.1 Å². The van der Waals surface area contributed by atoms with Gasteiger partial charge < -0.3 is 18.9 Å². The number of rotatable bonds is 32. The Morgan fingerprint density at radius 2 is 1.08 bits per heavy atom. The van der Waals surface area contributed by atoms with Crippen molar-refractivity contribution in [2.24, 2.45) is 0 Å². The highest BCUT2D eigenvalue weighted by molar-refractivity contribution is 7.47. The van der Waals surface area contributed by atoms with Gasteiger partial charge in [-0.3, -0.25) is 18.6 Å². The standard InChI is InChI=1S/C40H68NO8P/c1-6-8-10-12-14-16-18-20-22-24-26-28-30-32-39(42)46-36-38(37-48-50(44,45)47-35-34-41(3,4)5)49-40(43)33-31-29-27-25-23-21-19-17-15-13-11-9-7-2/h8-11,14-17,20-23,38H,6-7,12-13,18-19,24-37H2,1-5H3/p+1/b10-8-,11-9-,16-14-,17-15-,22-20-,23-21-. The normalized spacial score (nSPS) is 14.6. The molecule has 0 saturated carbocycles. The molecule has 0 aliphatic rings. The highest BCUT2D eigenvalue weighted by atomic mass is 31.2. The smallest absolute Gasteiger partial charge is 0.462 e. The second-order valence-corrected chi connectivity index (χ2v) is 14.6. The van der Waals surface area contributed by atoms with Gasteiger partial charge in [-0.2, -0.15) is 0 Å². The first-order valence-corrected chi connectivity index (χ1v) is 20.2. The number of nitrogens with zero attached hydrogens (tertiary/aromatic N) is 1. The molecule has 2 unspecified atom stereocenters. The van der Waals surface area contributed by atoms with Crippen LogP contribution in [0.1, 0.15) is 117 Å². The quantitative estimate of drug-likeness (QED) is 0.0240. The molecule has 0 amide bonds. The van der Waals surface area contributed by atoms with E-state index in [9.17, 15) is 19.0 Å². The Balaban J connectivity index is 4.57. The largest absolute Gasteiger partial charge is 0.472 e. The first-order chi connectivity index (χ1) is 24.0. The maximum atomic E-state index is 12.6. The Bertz CT molecular complexity index is 1090. The van der Waals surface area contributed by atoms with Gasteiger partial charge in [-0.1, -0.05) is 99.6 Å². The van der Waals surface area contributed by atoms with E-state index in [-0.39, 0.29) is 26.1 Å². The summed E-state index contributed by atoms with van der Waals surface area (Å²) in [5.74, 6) is -0.879. The molecule has 0 fully saturated rings. The molecule has 0 radical (unpaired) electrons. The molecule has 0 aliphatic carbocycles. The molecule has 0 aliphatic heterocycles. The molecule has 0 spiro atoms. The molecule has 2 atom stereocenters. The van der Waals surface area contributed by atoms with Crippen LogP contribution in [0, 0.1) is 0 Å². The number of likely N-dealkylation sites (N-methyl/N-ethyl adjacent to an activating group) is 1. The summed E-state index contributed by atoms with van der Waals surface area (Å²) in [6, 6.07) is 0. The molecule has 286 valence electrons. The van der Waals surface area contributed by atoms with Crippen LogP contribution < -0.4 is 0 Å². The predicted octanol–water partition coefficient (Wildman–Crippen LogP) is 9.90. The van der Waals surface area contributed by atoms with Crippen molar-refractivity contribution in [3.05, 3.63) is 72.9 Å². The van der Waals surface area contributed by atoms with Crippen molar-refractivity contribution in [1.82, 2.24) is 0 Å². The van der Waals surface area contributed by atoms with E-state index in [1.54, 1.807) is 0 Å². The molecule has 0 aromatic rings. The summed E-state index contributed by atoms with van der Waals surface area (Å²) in [4.78, 5) is 35.1. The summed E-state index contributed by atoms with van der Waals surface area (Å²) in [6.07, 6.45) is 38.2. The Morgan fingerprint density at radius 1 is 0.620 bits per heavy atom. The Labute approximate surface area is 304 Å². The number of esters is 2. The van der Waals surface area contributed by atoms with Gasteiger partial charge in [0.1, 0.15) is 19.8 Å². The van der Waals surface area contributed by atoms with Crippen LogP contribution in [0.25, 0.3) is 0 Å². The topological polar surface area (TPSA) is 108 Å². The highest BCUT2D eigenvalue weighted by Gasteiger charge is 2.27. The van der Waals surface area contributed by atoms with Crippen molar-refractivity contribution in [1.29, 1.82) is 0 Å². The minimum absolute atomic E-state index is 0.0169. The molecular weight excluding hydrogens is 653 g/mol. The van der Waals surface area contributed by atoms with E-state index < -0.39 is 32.5 Å². The molecular formula is C40H69NO8P+. The summed E-state index contributed by atoms with van der Waals surface area (Å²) in [7, 11) is 1.42. The maximum absolute atomic E-state index is 12.6. The fraction of sp³-hybridized carbons (Fsp3) is 0.650. The summed E-state index contributed by atoms with van der Waals surface area (Å²) in [6.45, 7) is 4.08. The Morgan fingerprint density at radius 3 is 1.56 bits per heavy atom. The third-order valence-electron chi connectivity index (χ3n) is 7.23. The minimum atomic E-state index is -4.39.